The molecule has 1 aliphatic heterocycles. The second-order valence-corrected chi connectivity index (χ2v) is 3.71. The van der Waals surface area contributed by atoms with Gasteiger partial charge in [-0.15, -0.1) is 6.42 Å². The minimum absolute atomic E-state index is 0.225. The van der Waals surface area contributed by atoms with Gasteiger partial charge < -0.3 is 14.8 Å². The lowest BCUT2D eigenvalue weighted by molar-refractivity contribution is -0.133. The van der Waals surface area contributed by atoms with Gasteiger partial charge in [0.2, 0.25) is 0 Å². The molecule has 1 unspecified atom stereocenters. The van der Waals surface area contributed by atoms with Gasteiger partial charge >= 0.3 is 0 Å². The Morgan fingerprint density at radius 1 is 1.50 bits per heavy atom. The van der Waals surface area contributed by atoms with E-state index in [1.807, 2.05) is 24.3 Å². The zero-order valence-electron chi connectivity index (χ0n) is 9.11. The summed E-state index contributed by atoms with van der Waals surface area (Å²) >= 11 is 0. The number of ether oxygens (including phenoxy) is 2. The van der Waals surface area contributed by atoms with Crippen LogP contribution in [0.2, 0.25) is 0 Å². The zero-order chi connectivity index (χ0) is 11.2. The minimum Gasteiger partial charge on any atom is -0.382 e. The van der Waals surface area contributed by atoms with Crippen molar-refractivity contribution in [1.82, 2.24) is 0 Å². The number of terminal acetylenes is 1. The second-order valence-electron chi connectivity index (χ2n) is 3.71. The van der Waals surface area contributed by atoms with Gasteiger partial charge in [0, 0.05) is 17.8 Å². The molecule has 1 aromatic carbocycles. The summed E-state index contributed by atoms with van der Waals surface area (Å²) in [5, 5.41) is 3.31. The summed E-state index contributed by atoms with van der Waals surface area (Å²) in [5.41, 5.74) is 1.92. The Balaban J connectivity index is 1.86. The molecule has 0 bridgehead atoms. The molecule has 1 fully saturated rings. The first kappa shape index (κ1) is 11.0. The zero-order valence-corrected chi connectivity index (χ0v) is 9.11. The monoisotopic (exact) mass is 217 g/mol. The molecule has 0 aromatic heterocycles. The minimum atomic E-state index is 0.225. The number of nitrogens with one attached hydrogen (secondary N) is 1. The third-order valence-electron chi connectivity index (χ3n) is 2.53. The maximum absolute atomic E-state index is 5.43. The molecule has 1 atom stereocenters. The normalized spacial score (nSPS) is 20.1. The van der Waals surface area contributed by atoms with E-state index in [4.69, 9.17) is 15.9 Å². The Morgan fingerprint density at radius 2 is 2.44 bits per heavy atom. The molecular weight excluding hydrogens is 202 g/mol. The summed E-state index contributed by atoms with van der Waals surface area (Å²) in [4.78, 5) is 0. The number of hydrogen-bond donors (Lipinski definition) is 1. The van der Waals surface area contributed by atoms with Crippen LogP contribution >= 0.6 is 0 Å². The summed E-state index contributed by atoms with van der Waals surface area (Å²) in [5.74, 6) is 2.61. The van der Waals surface area contributed by atoms with Crippen LogP contribution in [0, 0.1) is 12.3 Å². The van der Waals surface area contributed by atoms with E-state index in [-0.39, 0.29) is 6.10 Å². The Kier molecular flexibility index (Phi) is 3.81. The Hall–Kier alpha value is -1.50. The van der Waals surface area contributed by atoms with Gasteiger partial charge in [0.05, 0.1) is 12.7 Å². The van der Waals surface area contributed by atoms with Crippen molar-refractivity contribution >= 4 is 5.69 Å². The predicted octanol–water partition coefficient (Wildman–Crippen LogP) is 1.84. The molecule has 0 radical (unpaired) electrons. The van der Waals surface area contributed by atoms with Crippen LogP contribution in [-0.2, 0) is 9.47 Å². The lowest BCUT2D eigenvalue weighted by Crippen LogP contribution is -2.30. The van der Waals surface area contributed by atoms with Crippen molar-refractivity contribution in [2.75, 3.05) is 25.3 Å². The fourth-order valence-electron chi connectivity index (χ4n) is 1.61. The SMILES string of the molecule is C#Cc1cccc(NCC2CCOCO2)c1. The molecule has 1 heterocycles. The molecule has 0 aliphatic carbocycles. The quantitative estimate of drug-likeness (QED) is 0.784. The van der Waals surface area contributed by atoms with Gasteiger partial charge in [-0.25, -0.2) is 0 Å². The lowest BCUT2D eigenvalue weighted by Gasteiger charge is -2.23. The molecule has 84 valence electrons. The molecule has 1 N–H and O–H groups in total. The van der Waals surface area contributed by atoms with E-state index in [2.05, 4.69) is 11.2 Å². The van der Waals surface area contributed by atoms with Crippen molar-refractivity contribution in [2.45, 2.75) is 12.5 Å². The first-order valence-electron chi connectivity index (χ1n) is 5.38. The highest BCUT2D eigenvalue weighted by atomic mass is 16.7. The summed E-state index contributed by atoms with van der Waals surface area (Å²) < 4.78 is 10.5. The number of benzene rings is 1. The fraction of sp³-hybridized carbons (Fsp3) is 0.385. The Bertz CT molecular complexity index is 378. The molecule has 1 aromatic rings. The van der Waals surface area contributed by atoms with Crippen molar-refractivity contribution in [2.24, 2.45) is 0 Å². The van der Waals surface area contributed by atoms with E-state index in [0.29, 0.717) is 6.79 Å². The highest BCUT2D eigenvalue weighted by Gasteiger charge is 2.13. The molecule has 16 heavy (non-hydrogen) atoms. The van der Waals surface area contributed by atoms with E-state index in [0.717, 1.165) is 30.8 Å². The molecule has 1 aliphatic rings. The Morgan fingerprint density at radius 3 is 3.19 bits per heavy atom. The molecule has 1 saturated heterocycles. The van der Waals surface area contributed by atoms with Gasteiger partial charge in [0.1, 0.15) is 6.79 Å². The molecule has 3 nitrogen and oxygen atoms in total. The third-order valence-corrected chi connectivity index (χ3v) is 2.53. The van der Waals surface area contributed by atoms with Crippen LogP contribution in [-0.4, -0.2) is 26.0 Å². The van der Waals surface area contributed by atoms with E-state index >= 15 is 0 Å². The van der Waals surface area contributed by atoms with Gasteiger partial charge in [0.25, 0.3) is 0 Å². The van der Waals surface area contributed by atoms with Crippen LogP contribution in [0.5, 0.6) is 0 Å². The van der Waals surface area contributed by atoms with Crippen LogP contribution < -0.4 is 5.32 Å². The van der Waals surface area contributed by atoms with Gasteiger partial charge in [-0.1, -0.05) is 12.0 Å². The average Bonchev–Trinajstić information content (AvgIpc) is 2.38. The first-order valence-corrected chi connectivity index (χ1v) is 5.38. The van der Waals surface area contributed by atoms with Gasteiger partial charge in [0.15, 0.2) is 0 Å². The molecule has 0 saturated carbocycles. The van der Waals surface area contributed by atoms with Crippen LogP contribution in [0.25, 0.3) is 0 Å². The molecule has 3 heteroatoms. The number of hydrogen-bond acceptors (Lipinski definition) is 3. The van der Waals surface area contributed by atoms with Gasteiger partial charge in [-0.05, 0) is 24.6 Å². The smallest absolute Gasteiger partial charge is 0.147 e. The summed E-state index contributed by atoms with van der Waals surface area (Å²) in [6.45, 7) is 1.96. The van der Waals surface area contributed by atoms with Crippen molar-refractivity contribution in [3.8, 4) is 12.3 Å². The maximum Gasteiger partial charge on any atom is 0.147 e. The Labute approximate surface area is 95.8 Å². The molecule has 2 rings (SSSR count). The van der Waals surface area contributed by atoms with Crippen LogP contribution in [0.4, 0.5) is 5.69 Å². The number of rotatable bonds is 3. The van der Waals surface area contributed by atoms with E-state index in [9.17, 15) is 0 Å². The van der Waals surface area contributed by atoms with Crippen LogP contribution in [0.3, 0.4) is 0 Å². The number of anilines is 1. The predicted molar refractivity (Wildman–Crippen MR) is 63.2 cm³/mol. The van der Waals surface area contributed by atoms with Gasteiger partial charge in [-0.2, -0.15) is 0 Å². The van der Waals surface area contributed by atoms with E-state index in [1.165, 1.54) is 0 Å². The highest BCUT2D eigenvalue weighted by Crippen LogP contribution is 2.12. The van der Waals surface area contributed by atoms with Gasteiger partial charge in [-0.3, -0.25) is 0 Å². The first-order chi connectivity index (χ1) is 7.88. The topological polar surface area (TPSA) is 30.5 Å². The maximum atomic E-state index is 5.43. The van der Waals surface area contributed by atoms with Crippen molar-refractivity contribution in [3.05, 3.63) is 29.8 Å². The van der Waals surface area contributed by atoms with Crippen molar-refractivity contribution in [3.63, 3.8) is 0 Å². The lowest BCUT2D eigenvalue weighted by atomic mass is 10.2. The summed E-state index contributed by atoms with van der Waals surface area (Å²) in [6, 6.07) is 7.82. The summed E-state index contributed by atoms with van der Waals surface area (Å²) in [6.07, 6.45) is 6.50. The van der Waals surface area contributed by atoms with Crippen LogP contribution in [0.15, 0.2) is 24.3 Å². The highest BCUT2D eigenvalue weighted by molar-refractivity contribution is 5.49. The van der Waals surface area contributed by atoms with Crippen molar-refractivity contribution < 1.29 is 9.47 Å². The van der Waals surface area contributed by atoms with E-state index in [1.54, 1.807) is 0 Å². The molecular formula is C13H15NO2. The second kappa shape index (κ2) is 5.55. The average molecular weight is 217 g/mol. The fourth-order valence-corrected chi connectivity index (χ4v) is 1.61. The summed E-state index contributed by atoms with van der Waals surface area (Å²) in [7, 11) is 0. The molecule has 0 amide bonds. The standard InChI is InChI=1S/C13H15NO2/c1-2-11-4-3-5-12(8-11)14-9-13-6-7-15-10-16-13/h1,3-5,8,13-14H,6-7,9-10H2. The van der Waals surface area contributed by atoms with Crippen molar-refractivity contribution in [1.29, 1.82) is 0 Å². The van der Waals surface area contributed by atoms with Crippen LogP contribution in [0.1, 0.15) is 12.0 Å². The largest absolute Gasteiger partial charge is 0.382 e. The molecule has 0 spiro atoms. The third kappa shape index (κ3) is 2.99. The van der Waals surface area contributed by atoms with E-state index < -0.39 is 0 Å².